The fourth-order valence-electron chi connectivity index (χ4n) is 0.488. The van der Waals surface area contributed by atoms with E-state index in [1.807, 2.05) is 19.0 Å². The fourth-order valence-corrected chi connectivity index (χ4v) is 0.488. The van der Waals surface area contributed by atoms with Gasteiger partial charge in [0, 0.05) is 14.1 Å². The van der Waals surface area contributed by atoms with E-state index in [1.54, 1.807) is 12.4 Å². The summed E-state index contributed by atoms with van der Waals surface area (Å²) in [5, 5.41) is 0. The third-order valence-electron chi connectivity index (χ3n) is 0.909. The van der Waals surface area contributed by atoms with Crippen LogP contribution in [-0.2, 0) is 16.3 Å². The van der Waals surface area contributed by atoms with Crippen molar-refractivity contribution in [2.45, 2.75) is 0 Å². The van der Waals surface area contributed by atoms with Gasteiger partial charge in [-0.2, -0.15) is 0 Å². The number of rotatable bonds is 1. The van der Waals surface area contributed by atoms with E-state index < -0.39 is 0 Å². The van der Waals surface area contributed by atoms with Crippen LogP contribution in [0, 0.1) is 6.07 Å². The number of hydrogen-bond acceptors (Lipinski definition) is 3. The third-order valence-corrected chi connectivity index (χ3v) is 0.909. The molecule has 0 saturated carbocycles. The van der Waals surface area contributed by atoms with E-state index in [0.717, 1.165) is 0 Å². The summed E-state index contributed by atoms with van der Waals surface area (Å²) < 4.78 is 0. The Kier molecular flexibility index (Phi) is 6.67. The molecule has 56 valence electrons. The molecule has 0 aliphatic rings. The summed E-state index contributed by atoms with van der Waals surface area (Å²) in [4.78, 5) is 9.72. The summed E-state index contributed by atoms with van der Waals surface area (Å²) >= 11 is 4.25. The summed E-state index contributed by atoms with van der Waals surface area (Å²) in [6.45, 7) is 0. The summed E-state index contributed by atoms with van der Waals surface area (Å²) in [6, 6.07) is 2.74. The van der Waals surface area contributed by atoms with E-state index >= 15 is 0 Å². The summed E-state index contributed by atoms with van der Waals surface area (Å²) in [5.74, 6) is 0.716. The molecule has 0 radical (unpaired) electrons. The van der Waals surface area contributed by atoms with Crippen molar-refractivity contribution in [3.05, 3.63) is 18.5 Å². The van der Waals surface area contributed by atoms with Gasteiger partial charge in [-0.05, 0) is 0 Å². The topological polar surface area (TPSA) is 29.0 Å². The normalized spacial score (nSPS) is 8.09. The minimum absolute atomic E-state index is 0.716. The molecule has 1 aromatic rings. The van der Waals surface area contributed by atoms with Crippen LogP contribution in [0.3, 0.4) is 0 Å². The zero-order valence-electron chi connectivity index (χ0n) is 6.58. The number of anilines is 1. The Morgan fingerprint density at radius 1 is 1.36 bits per heavy atom. The van der Waals surface area contributed by atoms with E-state index in [1.165, 1.54) is 16.3 Å². The number of halogens is 1. The molecule has 0 bridgehead atoms. The summed E-state index contributed by atoms with van der Waals surface area (Å²) in [7, 11) is 3.80. The van der Waals surface area contributed by atoms with Gasteiger partial charge in [0.1, 0.15) is 0 Å². The molecule has 0 N–H and O–H groups in total. The molecule has 1 rings (SSSR count). The van der Waals surface area contributed by atoms with Crippen LogP contribution in [0.25, 0.3) is 0 Å². The molecule has 0 aliphatic heterocycles. The van der Waals surface area contributed by atoms with Gasteiger partial charge in [-0.15, -0.1) is 12.4 Å². The molecule has 0 fully saturated rings. The van der Waals surface area contributed by atoms with E-state index in [2.05, 4.69) is 29.7 Å². The predicted molar refractivity (Wildman–Crippen MR) is 44.1 cm³/mol. The van der Waals surface area contributed by atoms with Crippen LogP contribution in [0.4, 0.5) is 5.95 Å². The molecule has 0 atom stereocenters. The van der Waals surface area contributed by atoms with Gasteiger partial charge in [-0.3, -0.25) is 9.97 Å². The van der Waals surface area contributed by atoms with Gasteiger partial charge in [-0.1, -0.05) is 0 Å². The third kappa shape index (κ3) is 4.43. The van der Waals surface area contributed by atoms with Crippen LogP contribution < -0.4 is 4.90 Å². The molecule has 0 saturated heterocycles. The molecule has 0 aliphatic carbocycles. The van der Waals surface area contributed by atoms with Gasteiger partial charge in [-0.25, -0.2) is 0 Å². The van der Waals surface area contributed by atoms with Crippen LogP contribution in [0.15, 0.2) is 12.4 Å². The van der Waals surface area contributed by atoms with Crippen molar-refractivity contribution in [1.82, 2.24) is 9.97 Å². The van der Waals surface area contributed by atoms with Crippen LogP contribution in [0.5, 0.6) is 0 Å². The maximum absolute atomic E-state index is 3.94. The molecular formula is C6H8BrN3Zn. The van der Waals surface area contributed by atoms with E-state index in [4.69, 9.17) is 0 Å². The molecule has 5 heteroatoms. The zero-order valence-corrected chi connectivity index (χ0v) is 11.1. The minimum atomic E-state index is 0.716. The second-order valence-electron chi connectivity index (χ2n) is 1.88. The van der Waals surface area contributed by atoms with Crippen molar-refractivity contribution in [2.24, 2.45) is 0 Å². The molecule has 3 nitrogen and oxygen atoms in total. The van der Waals surface area contributed by atoms with Crippen LogP contribution in [0.2, 0.25) is 0 Å². The first-order valence-corrected chi connectivity index (χ1v) is 9.88. The quantitative estimate of drug-likeness (QED) is 0.565. The monoisotopic (exact) mass is 265 g/mol. The molecule has 0 aromatic carbocycles. The van der Waals surface area contributed by atoms with Crippen molar-refractivity contribution < 1.29 is 16.3 Å². The number of aromatic nitrogens is 2. The first-order valence-electron chi connectivity index (χ1n) is 2.93. The summed E-state index contributed by atoms with van der Waals surface area (Å²) in [5.41, 5.74) is 0. The average Bonchev–Trinajstić information content (AvgIpc) is 2.10. The first kappa shape index (κ1) is 11.0. The van der Waals surface area contributed by atoms with Gasteiger partial charge in [0.05, 0.1) is 0 Å². The van der Waals surface area contributed by atoms with E-state index in [9.17, 15) is 0 Å². The fraction of sp³-hybridized carbons (Fsp3) is 0.333. The maximum atomic E-state index is 3.94. The first-order chi connectivity index (χ1) is 5.30. The van der Waals surface area contributed by atoms with Crippen LogP contribution >= 0.6 is 13.6 Å². The Morgan fingerprint density at radius 3 is 2.09 bits per heavy atom. The van der Waals surface area contributed by atoms with Crippen molar-refractivity contribution in [3.63, 3.8) is 0 Å². The van der Waals surface area contributed by atoms with Gasteiger partial charge >= 0.3 is 30.0 Å². The van der Waals surface area contributed by atoms with Crippen molar-refractivity contribution in [1.29, 1.82) is 0 Å². The van der Waals surface area contributed by atoms with Crippen LogP contribution in [-0.4, -0.2) is 24.1 Å². The SMILES string of the molecule is CN(C)c1nc[c-]cn1.[Zn+][Br]. The molecular weight excluding hydrogens is 259 g/mol. The molecule has 1 aromatic heterocycles. The Bertz CT molecular complexity index is 180. The second kappa shape index (κ2) is 6.68. The number of hydrogen-bond donors (Lipinski definition) is 0. The van der Waals surface area contributed by atoms with Crippen LogP contribution in [0.1, 0.15) is 0 Å². The molecule has 0 spiro atoms. The Morgan fingerprint density at radius 2 is 1.82 bits per heavy atom. The standard InChI is InChI=1S/C6H8N3.BrH.Zn/c1-9(2)6-7-4-3-5-8-6;;/h4-5H,1-2H3;1H;/q-1;;+2/p-1. The Balaban J connectivity index is 0.000000461. The second-order valence-corrected chi connectivity index (χ2v) is 1.88. The Labute approximate surface area is 83.3 Å². The zero-order chi connectivity index (χ0) is 8.69. The molecule has 0 amide bonds. The average molecular weight is 267 g/mol. The predicted octanol–water partition coefficient (Wildman–Crippen LogP) is 1.19. The summed E-state index contributed by atoms with van der Waals surface area (Å²) in [6.07, 6.45) is 3.20. The van der Waals surface area contributed by atoms with Crippen molar-refractivity contribution in [2.75, 3.05) is 19.0 Å². The van der Waals surface area contributed by atoms with E-state index in [0.29, 0.717) is 5.95 Å². The van der Waals surface area contributed by atoms with Gasteiger partial charge in [0.25, 0.3) is 0 Å². The van der Waals surface area contributed by atoms with Crippen molar-refractivity contribution >= 4 is 19.6 Å². The van der Waals surface area contributed by atoms with Gasteiger partial charge in [0.2, 0.25) is 5.95 Å². The molecule has 0 unspecified atom stereocenters. The van der Waals surface area contributed by atoms with E-state index in [-0.39, 0.29) is 0 Å². The Hall–Kier alpha value is -0.0166. The molecule has 1 heterocycles. The van der Waals surface area contributed by atoms with Gasteiger partial charge in [0.15, 0.2) is 0 Å². The van der Waals surface area contributed by atoms with Gasteiger partial charge < -0.3 is 11.0 Å². The molecule has 11 heavy (non-hydrogen) atoms. The number of nitrogens with zero attached hydrogens (tertiary/aromatic N) is 3. The van der Waals surface area contributed by atoms with Crippen molar-refractivity contribution in [3.8, 4) is 0 Å².